The quantitative estimate of drug-likeness (QED) is 0.658. The number of allylic oxidation sites excluding steroid dienone is 5. The molecule has 1 aromatic rings. The lowest BCUT2D eigenvalue weighted by Gasteiger charge is -2.36. The van der Waals surface area contributed by atoms with Crippen molar-refractivity contribution in [1.82, 2.24) is 0 Å². The Bertz CT molecular complexity index is 576. The number of anilines is 1. The van der Waals surface area contributed by atoms with Gasteiger partial charge in [0.2, 0.25) is 0 Å². The Kier molecular flexibility index (Phi) is 5.10. The number of nitrogens with two attached hydrogens (primary N) is 1. The molecular formula is C19H27NS. The van der Waals surface area contributed by atoms with Gasteiger partial charge in [-0.25, -0.2) is 0 Å². The van der Waals surface area contributed by atoms with Gasteiger partial charge in [-0.3, -0.25) is 0 Å². The maximum absolute atomic E-state index is 5.99. The molecule has 0 bridgehead atoms. The predicted molar refractivity (Wildman–Crippen MR) is 95.8 cm³/mol. The van der Waals surface area contributed by atoms with Crippen LogP contribution in [0.3, 0.4) is 0 Å². The van der Waals surface area contributed by atoms with Crippen molar-refractivity contribution >= 4 is 16.3 Å². The van der Waals surface area contributed by atoms with Gasteiger partial charge in [0.25, 0.3) is 0 Å². The standard InChI is InChI=1S/C19H27NS/c1-5-19(12-14(2)3,16-9-7-6-8-10-16)13-17-15(4)11-18(20)21-17/h7,9-11H,2,5-6,8,12-13,20H2,1,3-4H3. The molecule has 1 aromatic heterocycles. The summed E-state index contributed by atoms with van der Waals surface area (Å²) in [7, 11) is 0. The molecule has 0 amide bonds. The predicted octanol–water partition coefficient (Wildman–Crippen LogP) is 5.82. The number of aryl methyl sites for hydroxylation is 1. The molecule has 2 rings (SSSR count). The second kappa shape index (κ2) is 6.65. The highest BCUT2D eigenvalue weighted by Gasteiger charge is 2.33. The number of rotatable bonds is 6. The molecule has 21 heavy (non-hydrogen) atoms. The second-order valence-electron chi connectivity index (χ2n) is 6.34. The Morgan fingerprint density at radius 3 is 2.67 bits per heavy atom. The summed E-state index contributed by atoms with van der Waals surface area (Å²) < 4.78 is 0. The van der Waals surface area contributed by atoms with Gasteiger partial charge in [-0.15, -0.1) is 17.9 Å². The summed E-state index contributed by atoms with van der Waals surface area (Å²) in [5, 5.41) is 0.927. The summed E-state index contributed by atoms with van der Waals surface area (Å²) in [5.41, 5.74) is 10.2. The summed E-state index contributed by atoms with van der Waals surface area (Å²) in [5.74, 6) is 0. The van der Waals surface area contributed by atoms with Gasteiger partial charge in [0.05, 0.1) is 5.00 Å². The molecule has 0 saturated heterocycles. The zero-order valence-electron chi connectivity index (χ0n) is 13.5. The van der Waals surface area contributed by atoms with Crippen LogP contribution in [0.2, 0.25) is 0 Å². The summed E-state index contributed by atoms with van der Waals surface area (Å²) in [6.07, 6.45) is 12.7. The Hall–Kier alpha value is -1.28. The normalized spacial score (nSPS) is 17.4. The summed E-state index contributed by atoms with van der Waals surface area (Å²) in [4.78, 5) is 1.43. The molecule has 0 aliphatic heterocycles. The van der Waals surface area contributed by atoms with E-state index < -0.39 is 0 Å². The first-order valence-electron chi connectivity index (χ1n) is 7.83. The van der Waals surface area contributed by atoms with E-state index in [2.05, 4.69) is 51.6 Å². The average Bonchev–Trinajstić information content (AvgIpc) is 2.76. The van der Waals surface area contributed by atoms with Crippen LogP contribution in [0.1, 0.15) is 50.0 Å². The first-order chi connectivity index (χ1) is 9.97. The molecule has 1 heterocycles. The van der Waals surface area contributed by atoms with Crippen LogP contribution in [-0.4, -0.2) is 0 Å². The van der Waals surface area contributed by atoms with Crippen LogP contribution in [-0.2, 0) is 6.42 Å². The van der Waals surface area contributed by atoms with E-state index in [4.69, 9.17) is 5.73 Å². The highest BCUT2D eigenvalue weighted by Crippen LogP contribution is 2.44. The number of hydrogen-bond donors (Lipinski definition) is 1. The highest BCUT2D eigenvalue weighted by atomic mass is 32.1. The van der Waals surface area contributed by atoms with Crippen LogP contribution in [0.15, 0.2) is 42.0 Å². The third-order valence-electron chi connectivity index (χ3n) is 4.46. The molecule has 0 spiro atoms. The minimum Gasteiger partial charge on any atom is -0.391 e. The lowest BCUT2D eigenvalue weighted by Crippen LogP contribution is -2.26. The highest BCUT2D eigenvalue weighted by molar-refractivity contribution is 7.16. The van der Waals surface area contributed by atoms with Gasteiger partial charge >= 0.3 is 0 Å². The molecule has 1 aliphatic carbocycles. The Morgan fingerprint density at radius 2 is 2.19 bits per heavy atom. The molecule has 1 atom stereocenters. The molecule has 1 unspecified atom stereocenters. The van der Waals surface area contributed by atoms with E-state index in [0.717, 1.165) is 30.7 Å². The SMILES string of the molecule is C=C(C)CC(CC)(Cc1sc(N)cc1C)C1=CCCC=C1. The van der Waals surface area contributed by atoms with Gasteiger partial charge < -0.3 is 5.73 Å². The zero-order valence-corrected chi connectivity index (χ0v) is 14.4. The van der Waals surface area contributed by atoms with Crippen LogP contribution in [0, 0.1) is 12.3 Å². The van der Waals surface area contributed by atoms with Crippen molar-refractivity contribution in [3.63, 3.8) is 0 Å². The fourth-order valence-electron chi connectivity index (χ4n) is 3.33. The van der Waals surface area contributed by atoms with Crippen molar-refractivity contribution in [3.05, 3.63) is 52.5 Å². The van der Waals surface area contributed by atoms with Gasteiger partial charge in [0.1, 0.15) is 0 Å². The molecule has 0 aromatic carbocycles. The first kappa shape index (κ1) is 16.1. The molecule has 0 saturated carbocycles. The molecule has 2 heteroatoms. The molecule has 0 radical (unpaired) electrons. The lowest BCUT2D eigenvalue weighted by atomic mass is 9.69. The topological polar surface area (TPSA) is 26.0 Å². The van der Waals surface area contributed by atoms with Crippen LogP contribution in [0.25, 0.3) is 0 Å². The second-order valence-corrected chi connectivity index (χ2v) is 7.51. The smallest absolute Gasteiger partial charge is 0.0861 e. The third-order valence-corrected chi connectivity index (χ3v) is 5.53. The maximum atomic E-state index is 5.99. The molecule has 1 nitrogen and oxygen atoms in total. The van der Waals surface area contributed by atoms with Crippen molar-refractivity contribution < 1.29 is 0 Å². The van der Waals surface area contributed by atoms with Gasteiger partial charge in [-0.2, -0.15) is 0 Å². The molecule has 2 N–H and O–H groups in total. The Balaban J connectivity index is 2.39. The van der Waals surface area contributed by atoms with E-state index in [1.54, 1.807) is 11.3 Å². The van der Waals surface area contributed by atoms with Gasteiger partial charge in [0, 0.05) is 10.3 Å². The van der Waals surface area contributed by atoms with Gasteiger partial charge in [-0.1, -0.05) is 30.7 Å². The van der Waals surface area contributed by atoms with E-state index in [0.29, 0.717) is 0 Å². The van der Waals surface area contributed by atoms with E-state index in [1.165, 1.54) is 28.0 Å². The number of thiophene rings is 1. The van der Waals surface area contributed by atoms with E-state index >= 15 is 0 Å². The van der Waals surface area contributed by atoms with Crippen LogP contribution < -0.4 is 5.73 Å². The van der Waals surface area contributed by atoms with Crippen molar-refractivity contribution in [3.8, 4) is 0 Å². The van der Waals surface area contributed by atoms with Crippen LogP contribution >= 0.6 is 11.3 Å². The van der Waals surface area contributed by atoms with Gasteiger partial charge in [-0.05, 0) is 63.2 Å². The zero-order chi connectivity index (χ0) is 15.5. The van der Waals surface area contributed by atoms with Crippen molar-refractivity contribution in [2.75, 3.05) is 5.73 Å². The van der Waals surface area contributed by atoms with Crippen molar-refractivity contribution in [2.24, 2.45) is 5.41 Å². The minimum atomic E-state index is 0.171. The monoisotopic (exact) mass is 301 g/mol. The fraction of sp³-hybridized carbons (Fsp3) is 0.474. The number of nitrogen functional groups attached to an aromatic ring is 1. The maximum Gasteiger partial charge on any atom is 0.0861 e. The minimum absolute atomic E-state index is 0.171. The van der Waals surface area contributed by atoms with Crippen LogP contribution in [0.4, 0.5) is 5.00 Å². The van der Waals surface area contributed by atoms with Crippen molar-refractivity contribution in [1.29, 1.82) is 0 Å². The molecular weight excluding hydrogens is 274 g/mol. The van der Waals surface area contributed by atoms with Crippen LogP contribution in [0.5, 0.6) is 0 Å². The average molecular weight is 301 g/mol. The third kappa shape index (κ3) is 3.68. The largest absolute Gasteiger partial charge is 0.391 e. The summed E-state index contributed by atoms with van der Waals surface area (Å²) in [6, 6.07) is 2.10. The fourth-order valence-corrected chi connectivity index (χ4v) is 4.42. The van der Waals surface area contributed by atoms with Crippen molar-refractivity contribution in [2.45, 2.75) is 52.9 Å². The lowest BCUT2D eigenvalue weighted by molar-refractivity contribution is 0.342. The van der Waals surface area contributed by atoms with E-state index in [9.17, 15) is 0 Å². The molecule has 1 aliphatic rings. The molecule has 0 fully saturated rings. The van der Waals surface area contributed by atoms with E-state index in [-0.39, 0.29) is 5.41 Å². The Labute approximate surface area is 133 Å². The first-order valence-corrected chi connectivity index (χ1v) is 8.65. The summed E-state index contributed by atoms with van der Waals surface area (Å²) in [6.45, 7) is 10.8. The summed E-state index contributed by atoms with van der Waals surface area (Å²) >= 11 is 1.74. The van der Waals surface area contributed by atoms with Gasteiger partial charge in [0.15, 0.2) is 0 Å². The Morgan fingerprint density at radius 1 is 1.43 bits per heavy atom. The molecule has 114 valence electrons. The van der Waals surface area contributed by atoms with E-state index in [1.807, 2.05) is 0 Å². The number of hydrogen-bond acceptors (Lipinski definition) is 2.